The Kier molecular flexibility index (Phi) is 8.18. The molecule has 0 spiro atoms. The van der Waals surface area contributed by atoms with Crippen LogP contribution in [0.4, 0.5) is 5.69 Å². The molecular weight excluding hydrogens is 408 g/mol. The van der Waals surface area contributed by atoms with Crippen molar-refractivity contribution in [3.8, 4) is 11.5 Å². The lowest BCUT2D eigenvalue weighted by Gasteiger charge is -2.13. The first-order valence-corrected chi connectivity index (χ1v) is 11.7. The molecule has 5 nitrogen and oxygen atoms in total. The monoisotopic (exact) mass is 438 g/mol. The summed E-state index contributed by atoms with van der Waals surface area (Å²) < 4.78 is 11.5. The van der Waals surface area contributed by atoms with Gasteiger partial charge in [0.05, 0.1) is 23.8 Å². The second kappa shape index (κ2) is 11.0. The average molecular weight is 439 g/mol. The molecule has 1 heterocycles. The van der Waals surface area contributed by atoms with E-state index in [1.54, 1.807) is 4.90 Å². The lowest BCUT2D eigenvalue weighted by Crippen LogP contribution is -2.28. The van der Waals surface area contributed by atoms with E-state index in [0.29, 0.717) is 35.6 Å². The molecule has 1 aliphatic rings. The van der Waals surface area contributed by atoms with Gasteiger partial charge < -0.3 is 9.47 Å². The molecule has 6 heteroatoms. The highest BCUT2D eigenvalue weighted by Crippen LogP contribution is 2.36. The third-order valence-corrected chi connectivity index (χ3v) is 5.83. The molecule has 0 aliphatic carbocycles. The van der Waals surface area contributed by atoms with Crippen molar-refractivity contribution in [1.82, 2.24) is 4.90 Å². The van der Waals surface area contributed by atoms with E-state index in [9.17, 15) is 4.79 Å². The van der Waals surface area contributed by atoms with Gasteiger partial charge >= 0.3 is 0 Å². The number of benzene rings is 2. The van der Waals surface area contributed by atoms with Crippen LogP contribution in [-0.4, -0.2) is 35.7 Å². The van der Waals surface area contributed by atoms with Crippen LogP contribution in [0.2, 0.25) is 0 Å². The van der Waals surface area contributed by atoms with Crippen molar-refractivity contribution >= 4 is 34.6 Å². The summed E-state index contributed by atoms with van der Waals surface area (Å²) in [5.41, 5.74) is 2.98. The number of hydrogen-bond acceptors (Lipinski definition) is 5. The van der Waals surface area contributed by atoms with Crippen LogP contribution >= 0.6 is 11.8 Å². The van der Waals surface area contributed by atoms with E-state index < -0.39 is 0 Å². The van der Waals surface area contributed by atoms with Gasteiger partial charge in [-0.25, -0.2) is 4.99 Å². The fraction of sp³-hybridized carbons (Fsp3) is 0.360. The zero-order valence-corrected chi connectivity index (χ0v) is 19.5. The minimum absolute atomic E-state index is 0.0236. The second-order valence-electron chi connectivity index (χ2n) is 7.02. The molecular formula is C25H30N2O3S. The molecule has 1 amide bonds. The predicted molar refractivity (Wildman–Crippen MR) is 129 cm³/mol. The lowest BCUT2D eigenvalue weighted by atomic mass is 10.1. The summed E-state index contributed by atoms with van der Waals surface area (Å²) in [4.78, 5) is 20.2. The van der Waals surface area contributed by atoms with Crippen LogP contribution in [0.25, 0.3) is 6.08 Å². The summed E-state index contributed by atoms with van der Waals surface area (Å²) in [5, 5.41) is 0.715. The Morgan fingerprint density at radius 1 is 1.03 bits per heavy atom. The zero-order chi connectivity index (χ0) is 22.2. The number of hydrogen-bond donors (Lipinski definition) is 0. The van der Waals surface area contributed by atoms with Crippen molar-refractivity contribution in [2.24, 2.45) is 4.99 Å². The minimum atomic E-state index is -0.0236. The van der Waals surface area contributed by atoms with Gasteiger partial charge in [0.2, 0.25) is 0 Å². The molecule has 0 saturated carbocycles. The van der Waals surface area contributed by atoms with Crippen LogP contribution < -0.4 is 9.47 Å². The van der Waals surface area contributed by atoms with Crippen molar-refractivity contribution in [3.63, 3.8) is 0 Å². The maximum atomic E-state index is 13.0. The van der Waals surface area contributed by atoms with Crippen LogP contribution in [-0.2, 0) is 11.2 Å². The van der Waals surface area contributed by atoms with Gasteiger partial charge in [-0.1, -0.05) is 38.1 Å². The topological polar surface area (TPSA) is 51.1 Å². The number of ether oxygens (including phenoxy) is 2. The van der Waals surface area contributed by atoms with Gasteiger partial charge in [0.15, 0.2) is 16.7 Å². The van der Waals surface area contributed by atoms with Crippen molar-refractivity contribution < 1.29 is 14.3 Å². The molecule has 164 valence electrons. The number of likely N-dealkylation sites (N-methyl/N-ethyl adjacent to an activating group) is 1. The van der Waals surface area contributed by atoms with Crippen molar-refractivity contribution in [2.75, 3.05) is 19.8 Å². The molecule has 31 heavy (non-hydrogen) atoms. The number of para-hydroxylation sites is 1. The number of thioether (sulfide) groups is 1. The Morgan fingerprint density at radius 2 is 1.84 bits per heavy atom. The summed E-state index contributed by atoms with van der Waals surface area (Å²) in [7, 11) is 0. The molecule has 1 saturated heterocycles. The number of aryl methyl sites for hydroxylation is 1. The molecule has 1 fully saturated rings. The van der Waals surface area contributed by atoms with Crippen molar-refractivity contribution in [1.29, 1.82) is 0 Å². The maximum Gasteiger partial charge on any atom is 0.266 e. The number of amides is 1. The first-order valence-electron chi connectivity index (χ1n) is 10.9. The number of carbonyl (C=O) groups excluding carboxylic acids is 1. The second-order valence-corrected chi connectivity index (χ2v) is 8.03. The van der Waals surface area contributed by atoms with Gasteiger partial charge in [0.1, 0.15) is 0 Å². The summed E-state index contributed by atoms with van der Waals surface area (Å²) in [5.74, 6) is 1.40. The summed E-state index contributed by atoms with van der Waals surface area (Å²) >= 11 is 1.41. The van der Waals surface area contributed by atoms with E-state index in [4.69, 9.17) is 14.5 Å². The van der Waals surface area contributed by atoms with Crippen LogP contribution in [0, 0.1) is 0 Å². The molecule has 0 aromatic heterocycles. The maximum absolute atomic E-state index is 13.0. The number of aliphatic imine (C=N–C) groups is 1. The molecule has 2 aromatic rings. The minimum Gasteiger partial charge on any atom is -0.490 e. The normalized spacial score (nSPS) is 16.4. The van der Waals surface area contributed by atoms with Gasteiger partial charge in [-0.15, -0.1) is 0 Å². The van der Waals surface area contributed by atoms with Gasteiger partial charge in [-0.3, -0.25) is 9.69 Å². The number of carbonyl (C=O) groups is 1. The fourth-order valence-corrected chi connectivity index (χ4v) is 4.31. The summed E-state index contributed by atoms with van der Waals surface area (Å²) in [6, 6.07) is 13.8. The average Bonchev–Trinajstić information content (AvgIpc) is 3.07. The number of rotatable bonds is 9. The Labute approximate surface area is 189 Å². The molecule has 0 atom stereocenters. The Bertz CT molecular complexity index is 984. The summed E-state index contributed by atoms with van der Waals surface area (Å²) in [6.07, 6.45) is 3.72. The zero-order valence-electron chi connectivity index (χ0n) is 18.7. The van der Waals surface area contributed by atoms with Gasteiger partial charge in [0.25, 0.3) is 5.91 Å². The Hall–Kier alpha value is -2.73. The van der Waals surface area contributed by atoms with E-state index >= 15 is 0 Å². The Morgan fingerprint density at radius 3 is 2.55 bits per heavy atom. The highest BCUT2D eigenvalue weighted by atomic mass is 32.2. The SMILES string of the molecule is CCCOc1ccc(/C=C2/SC(=Nc3ccccc3CC)N(CC)C2=O)cc1OCC. The van der Waals surface area contributed by atoms with E-state index in [0.717, 1.165) is 29.8 Å². The van der Waals surface area contributed by atoms with Crippen molar-refractivity contribution in [3.05, 3.63) is 58.5 Å². The van der Waals surface area contributed by atoms with Gasteiger partial charge in [-0.2, -0.15) is 0 Å². The molecule has 0 N–H and O–H groups in total. The van der Waals surface area contributed by atoms with E-state index in [1.807, 2.05) is 56.3 Å². The largest absolute Gasteiger partial charge is 0.490 e. The summed E-state index contributed by atoms with van der Waals surface area (Å²) in [6.45, 7) is 9.85. The highest BCUT2D eigenvalue weighted by Gasteiger charge is 2.32. The smallest absolute Gasteiger partial charge is 0.266 e. The lowest BCUT2D eigenvalue weighted by molar-refractivity contribution is -0.122. The molecule has 0 radical (unpaired) electrons. The number of nitrogens with zero attached hydrogens (tertiary/aromatic N) is 2. The van der Waals surface area contributed by atoms with Crippen LogP contribution in [0.15, 0.2) is 52.4 Å². The Balaban J connectivity index is 1.91. The molecule has 3 rings (SSSR count). The third kappa shape index (κ3) is 5.50. The van der Waals surface area contributed by atoms with E-state index in [-0.39, 0.29) is 5.91 Å². The van der Waals surface area contributed by atoms with Crippen LogP contribution in [0.1, 0.15) is 45.2 Å². The van der Waals surface area contributed by atoms with E-state index in [1.165, 1.54) is 17.3 Å². The molecule has 2 aromatic carbocycles. The van der Waals surface area contributed by atoms with E-state index in [2.05, 4.69) is 19.9 Å². The first kappa shape index (κ1) is 22.9. The van der Waals surface area contributed by atoms with Crippen molar-refractivity contribution in [2.45, 2.75) is 40.5 Å². The standard InChI is InChI=1S/C25H30N2O3S/c1-5-15-30-21-14-13-18(16-22(21)29-8-4)17-23-24(28)27(7-3)25(31-23)26-20-12-10-9-11-19(20)6-2/h9-14,16-17H,5-8,15H2,1-4H3/b23-17+,26-25?. The fourth-order valence-electron chi connectivity index (χ4n) is 3.26. The van der Waals surface area contributed by atoms with Crippen LogP contribution in [0.5, 0.6) is 11.5 Å². The molecule has 0 unspecified atom stereocenters. The third-order valence-electron chi connectivity index (χ3n) is 4.82. The quantitative estimate of drug-likeness (QED) is 0.447. The highest BCUT2D eigenvalue weighted by molar-refractivity contribution is 8.18. The molecule has 1 aliphatic heterocycles. The first-order chi connectivity index (χ1) is 15.1. The van der Waals surface area contributed by atoms with Gasteiger partial charge in [-0.05, 0) is 73.9 Å². The van der Waals surface area contributed by atoms with Crippen LogP contribution in [0.3, 0.4) is 0 Å². The van der Waals surface area contributed by atoms with Gasteiger partial charge in [0, 0.05) is 6.54 Å². The number of amidine groups is 1. The predicted octanol–water partition coefficient (Wildman–Crippen LogP) is 6.06. The molecule has 0 bridgehead atoms.